The van der Waals surface area contributed by atoms with E-state index in [0.717, 1.165) is 25.0 Å². The minimum atomic E-state index is 1.01. The molecule has 0 aromatic carbocycles. The van der Waals surface area contributed by atoms with Crippen molar-refractivity contribution in [1.29, 1.82) is 0 Å². The summed E-state index contributed by atoms with van der Waals surface area (Å²) in [5.74, 6) is 0. The molecule has 2 nitrogen and oxygen atoms in total. The van der Waals surface area contributed by atoms with Crippen molar-refractivity contribution in [2.45, 2.75) is 26.8 Å². The van der Waals surface area contributed by atoms with Gasteiger partial charge >= 0.3 is 0 Å². The van der Waals surface area contributed by atoms with Gasteiger partial charge in [-0.25, -0.2) is 0 Å². The van der Waals surface area contributed by atoms with Gasteiger partial charge in [-0.15, -0.1) is 0 Å². The van der Waals surface area contributed by atoms with E-state index in [-0.39, 0.29) is 0 Å². The summed E-state index contributed by atoms with van der Waals surface area (Å²) in [5, 5.41) is 1.08. The highest BCUT2D eigenvalue weighted by Crippen LogP contribution is 2.06. The third kappa shape index (κ3) is 4.76. The molecule has 1 rings (SSSR count). The quantitative estimate of drug-likeness (QED) is 0.739. The molecule has 84 valence electrons. The molecule has 0 saturated heterocycles. The summed E-state index contributed by atoms with van der Waals surface area (Å²) in [6, 6.07) is 2.21. The molecule has 1 aromatic rings. The van der Waals surface area contributed by atoms with E-state index in [9.17, 15) is 0 Å². The monoisotopic (exact) mass is 270 g/mol. The molecule has 0 aliphatic heterocycles. The molecule has 0 bridgehead atoms. The van der Waals surface area contributed by atoms with Crippen LogP contribution in [0.5, 0.6) is 0 Å². The lowest BCUT2D eigenvalue weighted by Gasteiger charge is -2.19. The average Bonchev–Trinajstić information content (AvgIpc) is 2.24. The van der Waals surface area contributed by atoms with Crippen molar-refractivity contribution in [2.75, 3.05) is 18.4 Å². The zero-order valence-electron chi connectivity index (χ0n) is 9.54. The van der Waals surface area contributed by atoms with Gasteiger partial charge in [0.25, 0.3) is 0 Å². The van der Waals surface area contributed by atoms with Gasteiger partial charge in [-0.1, -0.05) is 28.9 Å². The third-order valence-electron chi connectivity index (χ3n) is 2.39. The summed E-state index contributed by atoms with van der Waals surface area (Å²) in [4.78, 5) is 6.66. The van der Waals surface area contributed by atoms with Gasteiger partial charge in [-0.2, -0.15) is 0 Å². The van der Waals surface area contributed by atoms with Gasteiger partial charge in [0.2, 0.25) is 0 Å². The third-order valence-corrected chi connectivity index (χ3v) is 2.95. The van der Waals surface area contributed by atoms with E-state index in [2.05, 4.69) is 45.7 Å². The fourth-order valence-corrected chi connectivity index (χ4v) is 1.85. The molecule has 3 heteroatoms. The highest BCUT2D eigenvalue weighted by molar-refractivity contribution is 9.09. The Hall–Kier alpha value is -0.410. The normalized spacial score (nSPS) is 10.9. The van der Waals surface area contributed by atoms with E-state index < -0.39 is 0 Å². The maximum atomic E-state index is 4.22. The van der Waals surface area contributed by atoms with Crippen LogP contribution in [0.25, 0.3) is 0 Å². The van der Waals surface area contributed by atoms with Crippen LogP contribution in [0.4, 0.5) is 0 Å². The number of nitrogens with zero attached hydrogens (tertiary/aromatic N) is 2. The van der Waals surface area contributed by atoms with Gasteiger partial charge < -0.3 is 0 Å². The van der Waals surface area contributed by atoms with E-state index in [4.69, 9.17) is 0 Å². The van der Waals surface area contributed by atoms with Gasteiger partial charge in [0, 0.05) is 24.3 Å². The molecule has 0 fully saturated rings. The second kappa shape index (κ2) is 6.96. The van der Waals surface area contributed by atoms with E-state index in [1.807, 2.05) is 12.4 Å². The molecule has 15 heavy (non-hydrogen) atoms. The first-order chi connectivity index (χ1) is 7.26. The van der Waals surface area contributed by atoms with Crippen LogP contribution in [0.2, 0.25) is 0 Å². The van der Waals surface area contributed by atoms with Gasteiger partial charge in [0.15, 0.2) is 0 Å². The van der Waals surface area contributed by atoms with Crippen LogP contribution in [0, 0.1) is 6.92 Å². The molecule has 1 aromatic heterocycles. The van der Waals surface area contributed by atoms with Crippen molar-refractivity contribution in [2.24, 2.45) is 0 Å². The second-order valence-corrected chi connectivity index (χ2v) is 4.57. The number of halogens is 1. The van der Waals surface area contributed by atoms with Crippen LogP contribution in [-0.2, 0) is 6.54 Å². The zero-order valence-corrected chi connectivity index (χ0v) is 11.1. The number of aryl methyl sites for hydroxylation is 1. The first-order valence-electron chi connectivity index (χ1n) is 5.45. The number of hydrogen-bond acceptors (Lipinski definition) is 2. The van der Waals surface area contributed by atoms with Gasteiger partial charge in [0.1, 0.15) is 0 Å². The topological polar surface area (TPSA) is 16.1 Å². The molecule has 1 heterocycles. The SMILES string of the molecule is CCN(CCCBr)Cc1cncc(C)c1. The first kappa shape index (κ1) is 12.7. The minimum absolute atomic E-state index is 1.01. The van der Waals surface area contributed by atoms with Gasteiger partial charge in [-0.05, 0) is 37.6 Å². The summed E-state index contributed by atoms with van der Waals surface area (Å²) in [5.41, 5.74) is 2.55. The Bertz CT molecular complexity index is 289. The molecule has 0 atom stereocenters. The smallest absolute Gasteiger partial charge is 0.0313 e. The van der Waals surface area contributed by atoms with E-state index in [0.29, 0.717) is 0 Å². The van der Waals surface area contributed by atoms with Crippen molar-refractivity contribution < 1.29 is 0 Å². The number of alkyl halides is 1. The van der Waals surface area contributed by atoms with Crippen molar-refractivity contribution in [3.05, 3.63) is 29.6 Å². The molecule has 0 saturated carbocycles. The van der Waals surface area contributed by atoms with Crippen LogP contribution in [0.15, 0.2) is 18.5 Å². The van der Waals surface area contributed by atoms with Crippen molar-refractivity contribution in [3.8, 4) is 0 Å². The molecular weight excluding hydrogens is 252 g/mol. The fourth-order valence-electron chi connectivity index (χ4n) is 1.59. The fraction of sp³-hybridized carbons (Fsp3) is 0.583. The van der Waals surface area contributed by atoms with E-state index >= 15 is 0 Å². The van der Waals surface area contributed by atoms with Crippen LogP contribution in [0.3, 0.4) is 0 Å². The number of aromatic nitrogens is 1. The predicted molar refractivity (Wildman–Crippen MR) is 68.3 cm³/mol. The molecule has 0 spiro atoms. The highest BCUT2D eigenvalue weighted by atomic mass is 79.9. The van der Waals surface area contributed by atoms with Crippen molar-refractivity contribution >= 4 is 15.9 Å². The van der Waals surface area contributed by atoms with Crippen LogP contribution >= 0.6 is 15.9 Å². The van der Waals surface area contributed by atoms with Crippen LogP contribution in [-0.4, -0.2) is 28.3 Å². The Kier molecular flexibility index (Phi) is 5.88. The Morgan fingerprint density at radius 2 is 2.20 bits per heavy atom. The number of rotatable bonds is 6. The summed E-state index contributed by atoms with van der Waals surface area (Å²) < 4.78 is 0. The van der Waals surface area contributed by atoms with Crippen LogP contribution in [0.1, 0.15) is 24.5 Å². The molecular formula is C12H19BrN2. The Morgan fingerprint density at radius 1 is 1.40 bits per heavy atom. The maximum Gasteiger partial charge on any atom is 0.0313 e. The summed E-state index contributed by atoms with van der Waals surface area (Å²) >= 11 is 3.47. The lowest BCUT2D eigenvalue weighted by atomic mass is 10.2. The van der Waals surface area contributed by atoms with Crippen molar-refractivity contribution in [3.63, 3.8) is 0 Å². The summed E-state index contributed by atoms with van der Waals surface area (Å²) in [7, 11) is 0. The molecule has 0 radical (unpaired) electrons. The lowest BCUT2D eigenvalue weighted by Crippen LogP contribution is -2.24. The Labute approximate surface area is 101 Å². The molecule has 0 aliphatic rings. The average molecular weight is 271 g/mol. The highest BCUT2D eigenvalue weighted by Gasteiger charge is 2.03. The zero-order chi connectivity index (χ0) is 11.1. The number of hydrogen-bond donors (Lipinski definition) is 0. The summed E-state index contributed by atoms with van der Waals surface area (Å²) in [6.45, 7) is 7.55. The minimum Gasteiger partial charge on any atom is -0.299 e. The molecule has 0 unspecified atom stereocenters. The van der Waals surface area contributed by atoms with Gasteiger partial charge in [-0.3, -0.25) is 9.88 Å². The first-order valence-corrected chi connectivity index (χ1v) is 6.57. The molecule has 0 amide bonds. The Balaban J connectivity index is 2.50. The van der Waals surface area contributed by atoms with Crippen molar-refractivity contribution in [1.82, 2.24) is 9.88 Å². The van der Waals surface area contributed by atoms with E-state index in [1.54, 1.807) is 0 Å². The standard InChI is InChI=1S/C12H19BrN2/c1-3-15(6-4-5-13)10-12-7-11(2)8-14-9-12/h7-9H,3-6,10H2,1-2H3. The van der Waals surface area contributed by atoms with Gasteiger partial charge in [0.05, 0.1) is 0 Å². The maximum absolute atomic E-state index is 4.22. The largest absolute Gasteiger partial charge is 0.299 e. The number of pyridine rings is 1. The molecule has 0 aliphatic carbocycles. The lowest BCUT2D eigenvalue weighted by molar-refractivity contribution is 0.281. The van der Waals surface area contributed by atoms with E-state index in [1.165, 1.54) is 17.5 Å². The second-order valence-electron chi connectivity index (χ2n) is 3.78. The predicted octanol–water partition coefficient (Wildman–Crippen LogP) is 3.00. The van der Waals surface area contributed by atoms with Crippen LogP contribution < -0.4 is 0 Å². The molecule has 0 N–H and O–H groups in total. The Morgan fingerprint density at radius 3 is 2.80 bits per heavy atom. The summed E-state index contributed by atoms with van der Waals surface area (Å²) in [6.07, 6.45) is 5.06.